The molecular weight excluding hydrogens is 422 g/mol. The molecule has 33 heavy (non-hydrogen) atoms. The zero-order chi connectivity index (χ0) is 23.6. The van der Waals surface area contributed by atoms with E-state index in [1.807, 2.05) is 42.5 Å². The Kier molecular flexibility index (Phi) is 8.18. The number of ether oxygens (including phenoxy) is 5. The van der Waals surface area contributed by atoms with Crippen LogP contribution in [0.15, 0.2) is 66.7 Å². The molecule has 0 radical (unpaired) electrons. The van der Waals surface area contributed by atoms with Gasteiger partial charge in [-0.2, -0.15) is 0 Å². The van der Waals surface area contributed by atoms with Crippen molar-refractivity contribution in [3.05, 3.63) is 77.9 Å². The van der Waals surface area contributed by atoms with Crippen LogP contribution in [0, 0.1) is 0 Å². The molecule has 3 aromatic carbocycles. The molecule has 7 heteroatoms. The Bertz CT molecular complexity index is 1090. The van der Waals surface area contributed by atoms with Crippen LogP contribution in [0.5, 0.6) is 28.7 Å². The van der Waals surface area contributed by atoms with Crippen molar-refractivity contribution in [1.29, 1.82) is 0 Å². The highest BCUT2D eigenvalue weighted by atomic mass is 16.5. The van der Waals surface area contributed by atoms with E-state index in [9.17, 15) is 4.79 Å². The monoisotopic (exact) mass is 449 g/mol. The first-order valence-electron chi connectivity index (χ1n) is 10.2. The third-order valence-electron chi connectivity index (χ3n) is 4.78. The summed E-state index contributed by atoms with van der Waals surface area (Å²) in [5.74, 6) is 2.25. The SMILES string of the molecule is COc1ccc(/C=C/C(=O)Nc2cc(OC)c(OC)c(OC)c2)cc1OCc1ccccc1. The molecule has 3 rings (SSSR count). The maximum atomic E-state index is 12.5. The van der Waals surface area contributed by atoms with Crippen molar-refractivity contribution in [2.75, 3.05) is 33.8 Å². The maximum Gasteiger partial charge on any atom is 0.248 e. The molecular formula is C26H27NO6. The van der Waals surface area contributed by atoms with Crippen LogP contribution in [0.4, 0.5) is 5.69 Å². The minimum Gasteiger partial charge on any atom is -0.493 e. The number of hydrogen-bond acceptors (Lipinski definition) is 6. The molecule has 1 N–H and O–H groups in total. The molecule has 0 aliphatic rings. The van der Waals surface area contributed by atoms with Crippen LogP contribution in [0.3, 0.4) is 0 Å². The zero-order valence-electron chi connectivity index (χ0n) is 19.1. The van der Waals surface area contributed by atoms with E-state index < -0.39 is 0 Å². The van der Waals surface area contributed by atoms with Crippen LogP contribution in [-0.4, -0.2) is 34.3 Å². The predicted molar refractivity (Wildman–Crippen MR) is 128 cm³/mol. The minimum absolute atomic E-state index is 0.313. The third kappa shape index (κ3) is 6.20. The smallest absolute Gasteiger partial charge is 0.248 e. The number of methoxy groups -OCH3 is 4. The lowest BCUT2D eigenvalue weighted by molar-refractivity contribution is -0.111. The van der Waals surface area contributed by atoms with Crippen LogP contribution in [0.2, 0.25) is 0 Å². The Morgan fingerprint density at radius 3 is 2.06 bits per heavy atom. The summed E-state index contributed by atoms with van der Waals surface area (Å²) in [4.78, 5) is 12.5. The average Bonchev–Trinajstić information content (AvgIpc) is 2.86. The first-order chi connectivity index (χ1) is 16.1. The van der Waals surface area contributed by atoms with Gasteiger partial charge in [0.05, 0.1) is 28.4 Å². The molecule has 0 unspecified atom stereocenters. The van der Waals surface area contributed by atoms with Crippen molar-refractivity contribution < 1.29 is 28.5 Å². The zero-order valence-corrected chi connectivity index (χ0v) is 19.1. The number of carbonyl (C=O) groups is 1. The van der Waals surface area contributed by atoms with Gasteiger partial charge in [-0.15, -0.1) is 0 Å². The number of carbonyl (C=O) groups excluding carboxylic acids is 1. The molecule has 1 amide bonds. The lowest BCUT2D eigenvalue weighted by Crippen LogP contribution is -2.08. The van der Waals surface area contributed by atoms with Crippen LogP contribution >= 0.6 is 0 Å². The standard InChI is InChI=1S/C26H27NO6/c1-29-21-12-10-18(14-22(21)33-17-19-8-6-5-7-9-19)11-13-25(28)27-20-15-23(30-2)26(32-4)24(16-20)31-3/h5-16H,17H2,1-4H3,(H,27,28)/b13-11+. The summed E-state index contributed by atoms with van der Waals surface area (Å²) in [5.41, 5.74) is 2.35. The fraction of sp³-hybridized carbons (Fsp3) is 0.192. The van der Waals surface area contributed by atoms with Gasteiger partial charge in [0.15, 0.2) is 23.0 Å². The van der Waals surface area contributed by atoms with Gasteiger partial charge in [-0.3, -0.25) is 4.79 Å². The summed E-state index contributed by atoms with van der Waals surface area (Å²) in [5, 5.41) is 2.80. The molecule has 0 aliphatic carbocycles. The lowest BCUT2D eigenvalue weighted by atomic mass is 10.1. The average molecular weight is 450 g/mol. The van der Waals surface area contributed by atoms with Gasteiger partial charge in [0, 0.05) is 23.9 Å². The highest BCUT2D eigenvalue weighted by molar-refractivity contribution is 6.02. The van der Waals surface area contributed by atoms with Gasteiger partial charge in [0.25, 0.3) is 0 Å². The summed E-state index contributed by atoms with van der Waals surface area (Å²) in [6.07, 6.45) is 3.13. The Hall–Kier alpha value is -4.13. The Labute approximate surface area is 193 Å². The van der Waals surface area contributed by atoms with Gasteiger partial charge in [-0.05, 0) is 29.3 Å². The van der Waals surface area contributed by atoms with Crippen LogP contribution in [0.1, 0.15) is 11.1 Å². The van der Waals surface area contributed by atoms with Crippen molar-refractivity contribution in [3.63, 3.8) is 0 Å². The number of anilines is 1. The summed E-state index contributed by atoms with van der Waals surface area (Å²) in [6, 6.07) is 18.7. The fourth-order valence-corrected chi connectivity index (χ4v) is 3.15. The van der Waals surface area contributed by atoms with Crippen LogP contribution < -0.4 is 29.0 Å². The van der Waals surface area contributed by atoms with E-state index in [2.05, 4.69) is 5.32 Å². The Morgan fingerprint density at radius 1 is 0.788 bits per heavy atom. The van der Waals surface area contributed by atoms with Crippen LogP contribution in [0.25, 0.3) is 6.08 Å². The lowest BCUT2D eigenvalue weighted by Gasteiger charge is -2.14. The van der Waals surface area contributed by atoms with E-state index in [1.165, 1.54) is 27.4 Å². The number of amides is 1. The number of rotatable bonds is 10. The van der Waals surface area contributed by atoms with Crippen LogP contribution in [-0.2, 0) is 11.4 Å². The van der Waals surface area contributed by atoms with Crippen molar-refractivity contribution in [2.24, 2.45) is 0 Å². The molecule has 0 aliphatic heterocycles. The normalized spacial score (nSPS) is 10.5. The van der Waals surface area contributed by atoms with Gasteiger partial charge in [0.2, 0.25) is 11.7 Å². The van der Waals surface area contributed by atoms with Gasteiger partial charge >= 0.3 is 0 Å². The fourth-order valence-electron chi connectivity index (χ4n) is 3.15. The van der Waals surface area contributed by atoms with Gasteiger partial charge < -0.3 is 29.0 Å². The maximum absolute atomic E-state index is 12.5. The Morgan fingerprint density at radius 2 is 1.45 bits per heavy atom. The molecule has 0 bridgehead atoms. The number of hydrogen-bond donors (Lipinski definition) is 1. The highest BCUT2D eigenvalue weighted by Crippen LogP contribution is 2.40. The van der Waals surface area contributed by atoms with Gasteiger partial charge in [-0.1, -0.05) is 36.4 Å². The predicted octanol–water partition coefficient (Wildman–Crippen LogP) is 4.95. The van der Waals surface area contributed by atoms with Crippen molar-refractivity contribution in [3.8, 4) is 28.7 Å². The van der Waals surface area contributed by atoms with Crippen molar-refractivity contribution >= 4 is 17.7 Å². The highest BCUT2D eigenvalue weighted by Gasteiger charge is 2.14. The van der Waals surface area contributed by atoms with E-state index in [-0.39, 0.29) is 5.91 Å². The molecule has 0 heterocycles. The molecule has 3 aromatic rings. The topological polar surface area (TPSA) is 75.3 Å². The van der Waals surface area contributed by atoms with Crippen molar-refractivity contribution in [1.82, 2.24) is 0 Å². The first-order valence-corrected chi connectivity index (χ1v) is 10.2. The minimum atomic E-state index is -0.313. The second kappa shape index (κ2) is 11.5. The second-order valence-corrected chi connectivity index (χ2v) is 6.92. The van der Waals surface area contributed by atoms with E-state index in [4.69, 9.17) is 23.7 Å². The second-order valence-electron chi connectivity index (χ2n) is 6.92. The van der Waals surface area contributed by atoms with E-state index in [0.29, 0.717) is 41.0 Å². The molecule has 172 valence electrons. The molecule has 7 nitrogen and oxygen atoms in total. The summed E-state index contributed by atoms with van der Waals surface area (Å²) < 4.78 is 27.3. The largest absolute Gasteiger partial charge is 0.493 e. The number of nitrogens with one attached hydrogen (secondary N) is 1. The molecule has 0 fully saturated rings. The first kappa shape index (κ1) is 23.5. The molecule has 0 spiro atoms. The Balaban J connectivity index is 1.72. The summed E-state index contributed by atoms with van der Waals surface area (Å²) in [6.45, 7) is 0.409. The van der Waals surface area contributed by atoms with E-state index >= 15 is 0 Å². The van der Waals surface area contributed by atoms with Crippen molar-refractivity contribution in [2.45, 2.75) is 6.61 Å². The molecule has 0 aromatic heterocycles. The van der Waals surface area contributed by atoms with Gasteiger partial charge in [0.1, 0.15) is 6.61 Å². The quantitative estimate of drug-likeness (QED) is 0.442. The number of benzene rings is 3. The van der Waals surface area contributed by atoms with Gasteiger partial charge in [-0.25, -0.2) is 0 Å². The molecule has 0 atom stereocenters. The summed E-state index contributed by atoms with van der Waals surface area (Å²) >= 11 is 0. The molecule has 0 saturated carbocycles. The van der Waals surface area contributed by atoms with E-state index in [1.54, 1.807) is 31.4 Å². The van der Waals surface area contributed by atoms with E-state index in [0.717, 1.165) is 11.1 Å². The third-order valence-corrected chi connectivity index (χ3v) is 4.78. The molecule has 0 saturated heterocycles. The summed E-state index contributed by atoms with van der Waals surface area (Å²) in [7, 11) is 6.15.